The van der Waals surface area contributed by atoms with Crippen molar-refractivity contribution in [1.82, 2.24) is 0 Å². The number of benzene rings is 6. The van der Waals surface area contributed by atoms with Gasteiger partial charge in [-0.05, 0) is 113 Å². The highest BCUT2D eigenvalue weighted by Gasteiger charge is 2.33. The quantitative estimate of drug-likeness (QED) is 0.163. The van der Waals surface area contributed by atoms with Crippen molar-refractivity contribution in [1.29, 1.82) is 0 Å². The highest BCUT2D eigenvalue weighted by molar-refractivity contribution is 9.10. The number of hydrogen-bond donors (Lipinski definition) is 0. The molecular formula is C42H35Br. The first-order valence-electron chi connectivity index (χ1n) is 15.2. The maximum Gasteiger partial charge on any atom is 0.0425 e. The fourth-order valence-corrected chi connectivity index (χ4v) is 6.90. The van der Waals surface area contributed by atoms with Gasteiger partial charge in [-0.2, -0.15) is 0 Å². The van der Waals surface area contributed by atoms with E-state index in [1.165, 1.54) is 85.2 Å². The first kappa shape index (κ1) is 27.6. The van der Waals surface area contributed by atoms with Gasteiger partial charge in [-0.1, -0.05) is 143 Å². The Morgan fingerprint density at radius 1 is 0.465 bits per heavy atom. The van der Waals surface area contributed by atoms with Gasteiger partial charge in [0.2, 0.25) is 0 Å². The molecule has 0 aliphatic heterocycles. The van der Waals surface area contributed by atoms with E-state index in [9.17, 15) is 0 Å². The molecule has 1 heteroatoms. The van der Waals surface area contributed by atoms with Crippen LogP contribution in [0.3, 0.4) is 0 Å². The summed E-state index contributed by atoms with van der Waals surface area (Å²) >= 11 is 3.57. The van der Waals surface area contributed by atoms with Crippen LogP contribution in [0.2, 0.25) is 0 Å². The molecular weight excluding hydrogens is 584 g/mol. The van der Waals surface area contributed by atoms with Gasteiger partial charge in [0, 0.05) is 9.89 Å². The third-order valence-electron chi connectivity index (χ3n) is 9.46. The van der Waals surface area contributed by atoms with Crippen molar-refractivity contribution < 1.29 is 0 Å². The number of hydrogen-bond acceptors (Lipinski definition) is 0. The first-order valence-corrected chi connectivity index (χ1v) is 16.0. The van der Waals surface area contributed by atoms with Crippen molar-refractivity contribution in [2.45, 2.75) is 39.0 Å². The molecule has 43 heavy (non-hydrogen) atoms. The molecule has 0 spiro atoms. The van der Waals surface area contributed by atoms with Crippen molar-refractivity contribution >= 4 is 15.9 Å². The van der Waals surface area contributed by atoms with E-state index >= 15 is 0 Å². The molecule has 210 valence electrons. The Morgan fingerprint density at radius 3 is 1.42 bits per heavy atom. The second-order valence-corrected chi connectivity index (χ2v) is 13.1. The summed E-state index contributed by atoms with van der Waals surface area (Å²) < 4.78 is 1.10. The lowest BCUT2D eigenvalue weighted by atomic mass is 9.69. The van der Waals surface area contributed by atoms with E-state index in [0.29, 0.717) is 0 Å². The van der Waals surface area contributed by atoms with Crippen LogP contribution in [0, 0.1) is 13.8 Å². The van der Waals surface area contributed by atoms with Crippen LogP contribution in [-0.2, 0) is 18.3 Å². The average molecular weight is 620 g/mol. The minimum absolute atomic E-state index is 0.326. The standard InChI is InChI=1S/C42H35Br/c1-28-4-6-32(7-5-28)35-18-25-41(29(2)26-35)42(3,38-19-12-30(13-20-38)31-16-23-40(43)24-17-31)39-21-14-34(15-22-39)37-11-9-33-8-10-36(33)27-37/h4-7,9,11-27H,8,10H2,1-3H3. The number of halogens is 1. The molecule has 0 radical (unpaired) electrons. The Balaban J connectivity index is 1.31. The molecule has 0 saturated carbocycles. The Labute approximate surface area is 264 Å². The third-order valence-corrected chi connectivity index (χ3v) is 9.98. The Bertz CT molecular complexity index is 1910. The lowest BCUT2D eigenvalue weighted by molar-refractivity contribution is 0.687. The third kappa shape index (κ3) is 5.17. The zero-order valence-electron chi connectivity index (χ0n) is 25.0. The number of rotatable bonds is 6. The van der Waals surface area contributed by atoms with Crippen LogP contribution < -0.4 is 0 Å². The molecule has 0 heterocycles. The maximum absolute atomic E-state index is 3.57. The summed E-state index contributed by atoms with van der Waals surface area (Å²) in [5, 5.41) is 0. The van der Waals surface area contributed by atoms with E-state index in [0.717, 1.165) is 4.47 Å². The molecule has 6 aromatic rings. The first-order chi connectivity index (χ1) is 20.9. The van der Waals surface area contributed by atoms with Gasteiger partial charge >= 0.3 is 0 Å². The smallest absolute Gasteiger partial charge is 0.0425 e. The molecule has 1 aliphatic rings. The lowest BCUT2D eigenvalue weighted by Crippen LogP contribution is -2.26. The minimum Gasteiger partial charge on any atom is -0.0587 e. The predicted molar refractivity (Wildman–Crippen MR) is 186 cm³/mol. The molecule has 6 aromatic carbocycles. The summed E-state index contributed by atoms with van der Waals surface area (Å²) in [6.07, 6.45) is 2.42. The molecule has 0 bridgehead atoms. The van der Waals surface area contributed by atoms with E-state index in [1.807, 2.05) is 0 Å². The normalized spacial score (nSPS) is 13.6. The van der Waals surface area contributed by atoms with Gasteiger partial charge in [-0.25, -0.2) is 0 Å². The van der Waals surface area contributed by atoms with Gasteiger partial charge in [0.05, 0.1) is 0 Å². The molecule has 0 amide bonds. The second-order valence-electron chi connectivity index (χ2n) is 12.2. The summed E-state index contributed by atoms with van der Waals surface area (Å²) in [4.78, 5) is 0. The molecule has 0 N–H and O–H groups in total. The van der Waals surface area contributed by atoms with Crippen LogP contribution in [0.15, 0.2) is 138 Å². The van der Waals surface area contributed by atoms with Crippen molar-refractivity contribution in [2.75, 3.05) is 0 Å². The maximum atomic E-state index is 3.57. The fourth-order valence-electron chi connectivity index (χ4n) is 6.64. The van der Waals surface area contributed by atoms with Gasteiger partial charge in [0.25, 0.3) is 0 Å². The van der Waals surface area contributed by atoms with Gasteiger partial charge in [-0.3, -0.25) is 0 Å². The van der Waals surface area contributed by atoms with Crippen LogP contribution >= 0.6 is 15.9 Å². The molecule has 0 nitrogen and oxygen atoms in total. The second kappa shape index (κ2) is 11.1. The minimum atomic E-state index is -0.326. The van der Waals surface area contributed by atoms with Crippen LogP contribution in [0.1, 0.15) is 45.9 Å². The summed E-state index contributed by atoms with van der Waals surface area (Å²) in [6, 6.07) is 49.8. The molecule has 0 fully saturated rings. The van der Waals surface area contributed by atoms with E-state index in [1.54, 1.807) is 0 Å². The lowest BCUT2D eigenvalue weighted by Gasteiger charge is -2.34. The molecule has 1 aliphatic carbocycles. The van der Waals surface area contributed by atoms with E-state index < -0.39 is 0 Å². The van der Waals surface area contributed by atoms with Gasteiger partial charge in [0.15, 0.2) is 0 Å². The molecule has 1 atom stereocenters. The van der Waals surface area contributed by atoms with Crippen LogP contribution in [0.5, 0.6) is 0 Å². The van der Waals surface area contributed by atoms with Gasteiger partial charge < -0.3 is 0 Å². The van der Waals surface area contributed by atoms with Crippen molar-refractivity contribution in [3.63, 3.8) is 0 Å². The van der Waals surface area contributed by atoms with Crippen molar-refractivity contribution in [3.8, 4) is 33.4 Å². The molecule has 1 unspecified atom stereocenters. The fraction of sp³-hybridized carbons (Fsp3) is 0.143. The SMILES string of the molecule is Cc1ccc(-c2ccc(C(C)(c3ccc(-c4ccc(Br)cc4)cc3)c3ccc(-c4ccc5c(c4)CC5)cc3)c(C)c2)cc1. The summed E-state index contributed by atoms with van der Waals surface area (Å²) in [7, 11) is 0. The molecule has 0 saturated heterocycles. The van der Waals surface area contributed by atoms with Gasteiger partial charge in [-0.15, -0.1) is 0 Å². The highest BCUT2D eigenvalue weighted by atomic mass is 79.9. The monoisotopic (exact) mass is 618 g/mol. The zero-order chi connectivity index (χ0) is 29.6. The number of fused-ring (bicyclic) bond motifs is 1. The van der Waals surface area contributed by atoms with Crippen molar-refractivity contribution in [2.24, 2.45) is 0 Å². The van der Waals surface area contributed by atoms with E-state index in [2.05, 4.69) is 170 Å². The average Bonchev–Trinajstić information content (AvgIpc) is 3.02. The van der Waals surface area contributed by atoms with Gasteiger partial charge in [0.1, 0.15) is 0 Å². The Hall–Kier alpha value is -4.20. The van der Waals surface area contributed by atoms with E-state index in [4.69, 9.17) is 0 Å². The molecule has 7 rings (SSSR count). The number of aryl methyl sites for hydroxylation is 4. The largest absolute Gasteiger partial charge is 0.0587 e. The molecule has 0 aromatic heterocycles. The summed E-state index contributed by atoms with van der Waals surface area (Å²) in [6.45, 7) is 6.78. The summed E-state index contributed by atoms with van der Waals surface area (Å²) in [5.74, 6) is 0. The van der Waals surface area contributed by atoms with Crippen molar-refractivity contribution in [3.05, 3.63) is 177 Å². The Morgan fingerprint density at radius 2 is 0.907 bits per heavy atom. The van der Waals surface area contributed by atoms with Crippen LogP contribution in [0.4, 0.5) is 0 Å². The zero-order valence-corrected chi connectivity index (χ0v) is 26.6. The topological polar surface area (TPSA) is 0 Å². The van der Waals surface area contributed by atoms with E-state index in [-0.39, 0.29) is 5.41 Å². The summed E-state index contributed by atoms with van der Waals surface area (Å²) in [5.41, 5.74) is 16.7. The Kier molecular flexibility index (Phi) is 7.15. The van der Waals surface area contributed by atoms with Crippen LogP contribution in [0.25, 0.3) is 33.4 Å². The predicted octanol–water partition coefficient (Wildman–Crippen LogP) is 11.5. The highest BCUT2D eigenvalue weighted by Crippen LogP contribution is 2.43. The van der Waals surface area contributed by atoms with Crippen LogP contribution in [-0.4, -0.2) is 0 Å².